The molecule has 0 aromatic carbocycles. The third-order valence-electron chi connectivity index (χ3n) is 2.80. The topological polar surface area (TPSA) is 55.1 Å². The highest BCUT2D eigenvalue weighted by Gasteiger charge is 2.49. The van der Waals surface area contributed by atoms with Crippen molar-refractivity contribution in [3.8, 4) is 0 Å². The predicted molar refractivity (Wildman–Crippen MR) is 57.8 cm³/mol. The molecule has 0 saturated heterocycles. The van der Waals surface area contributed by atoms with Crippen LogP contribution in [0.15, 0.2) is 0 Å². The first-order valence-corrected chi connectivity index (χ1v) is 5.59. The van der Waals surface area contributed by atoms with Crippen LogP contribution in [-0.2, 0) is 4.79 Å². The first-order chi connectivity index (χ1) is 6.60. The van der Waals surface area contributed by atoms with Crippen LogP contribution in [0.3, 0.4) is 0 Å². The summed E-state index contributed by atoms with van der Waals surface area (Å²) < 4.78 is 0. The van der Waals surface area contributed by atoms with Crippen LogP contribution in [-0.4, -0.2) is 19.0 Å². The van der Waals surface area contributed by atoms with Crippen LogP contribution in [0.25, 0.3) is 0 Å². The van der Waals surface area contributed by atoms with Crippen LogP contribution in [0.1, 0.15) is 39.5 Å². The Balaban J connectivity index is 2.29. The summed E-state index contributed by atoms with van der Waals surface area (Å²) >= 11 is 0. The number of rotatable bonds is 6. The summed E-state index contributed by atoms with van der Waals surface area (Å²) in [4.78, 5) is 11.8. The van der Waals surface area contributed by atoms with E-state index in [9.17, 15) is 4.79 Å². The smallest absolute Gasteiger partial charge is 0.226 e. The minimum absolute atomic E-state index is 0.0111. The van der Waals surface area contributed by atoms with Crippen LogP contribution >= 0.6 is 0 Å². The lowest BCUT2D eigenvalue weighted by Crippen LogP contribution is -2.34. The maximum atomic E-state index is 11.8. The summed E-state index contributed by atoms with van der Waals surface area (Å²) in [6, 6.07) is 0. The van der Waals surface area contributed by atoms with E-state index in [1.54, 1.807) is 0 Å². The summed E-state index contributed by atoms with van der Waals surface area (Å²) in [5.41, 5.74) is 5.36. The second kappa shape index (κ2) is 4.78. The summed E-state index contributed by atoms with van der Waals surface area (Å²) in [5, 5.41) is 2.97. The van der Waals surface area contributed by atoms with Gasteiger partial charge in [-0.3, -0.25) is 4.79 Å². The molecule has 1 saturated carbocycles. The van der Waals surface area contributed by atoms with Crippen LogP contribution in [0.2, 0.25) is 0 Å². The standard InChI is InChI=1S/C11H22N2O/c1-9(2)8-11(4-5-11)10(14)13-7-3-6-12/h9H,3-8,12H2,1-2H3,(H,13,14). The number of nitrogens with two attached hydrogens (primary N) is 1. The van der Waals surface area contributed by atoms with Crippen molar-refractivity contribution >= 4 is 5.91 Å². The molecule has 0 unspecified atom stereocenters. The molecule has 1 fully saturated rings. The first-order valence-electron chi connectivity index (χ1n) is 5.59. The van der Waals surface area contributed by atoms with Gasteiger partial charge in [0.1, 0.15) is 0 Å². The molecule has 0 radical (unpaired) electrons. The van der Waals surface area contributed by atoms with Crippen molar-refractivity contribution in [1.29, 1.82) is 0 Å². The largest absolute Gasteiger partial charge is 0.356 e. The maximum Gasteiger partial charge on any atom is 0.226 e. The van der Waals surface area contributed by atoms with Crippen LogP contribution in [0, 0.1) is 11.3 Å². The fourth-order valence-corrected chi connectivity index (χ4v) is 1.95. The van der Waals surface area contributed by atoms with Crippen LogP contribution in [0.4, 0.5) is 0 Å². The van der Waals surface area contributed by atoms with E-state index in [0.717, 1.165) is 32.2 Å². The van der Waals surface area contributed by atoms with Crippen molar-refractivity contribution < 1.29 is 4.79 Å². The third-order valence-corrected chi connectivity index (χ3v) is 2.80. The van der Waals surface area contributed by atoms with Crippen molar-refractivity contribution in [2.24, 2.45) is 17.1 Å². The fraction of sp³-hybridized carbons (Fsp3) is 0.909. The number of carbonyl (C=O) groups is 1. The zero-order valence-electron chi connectivity index (χ0n) is 9.31. The lowest BCUT2D eigenvalue weighted by Gasteiger charge is -2.16. The van der Waals surface area contributed by atoms with Gasteiger partial charge in [-0.15, -0.1) is 0 Å². The molecule has 1 rings (SSSR count). The van der Waals surface area contributed by atoms with Crippen LogP contribution in [0.5, 0.6) is 0 Å². The van der Waals surface area contributed by atoms with Gasteiger partial charge >= 0.3 is 0 Å². The van der Waals surface area contributed by atoms with E-state index >= 15 is 0 Å². The Morgan fingerprint density at radius 3 is 2.57 bits per heavy atom. The van der Waals surface area contributed by atoms with Gasteiger partial charge in [-0.25, -0.2) is 0 Å². The van der Waals surface area contributed by atoms with Gasteiger partial charge in [0.25, 0.3) is 0 Å². The molecule has 14 heavy (non-hydrogen) atoms. The van der Waals surface area contributed by atoms with Crippen molar-refractivity contribution in [2.75, 3.05) is 13.1 Å². The van der Waals surface area contributed by atoms with E-state index in [0.29, 0.717) is 12.5 Å². The monoisotopic (exact) mass is 198 g/mol. The van der Waals surface area contributed by atoms with Gasteiger partial charge in [0.05, 0.1) is 0 Å². The Bertz CT molecular complexity index is 197. The average molecular weight is 198 g/mol. The molecule has 0 spiro atoms. The lowest BCUT2D eigenvalue weighted by molar-refractivity contribution is -0.126. The zero-order chi connectivity index (χ0) is 10.6. The lowest BCUT2D eigenvalue weighted by atomic mass is 9.93. The Hall–Kier alpha value is -0.570. The molecule has 3 N–H and O–H groups in total. The molecule has 1 aliphatic rings. The number of nitrogens with one attached hydrogen (secondary N) is 1. The molecule has 3 heteroatoms. The van der Waals surface area contributed by atoms with Gasteiger partial charge in [-0.05, 0) is 38.1 Å². The maximum absolute atomic E-state index is 11.8. The Morgan fingerprint density at radius 1 is 1.50 bits per heavy atom. The molecular weight excluding hydrogens is 176 g/mol. The summed E-state index contributed by atoms with van der Waals surface area (Å²) in [7, 11) is 0. The number of amides is 1. The summed E-state index contributed by atoms with van der Waals surface area (Å²) in [6.45, 7) is 5.73. The third kappa shape index (κ3) is 2.98. The molecular formula is C11H22N2O. The van der Waals surface area contributed by atoms with Gasteiger partial charge in [0.15, 0.2) is 0 Å². The molecule has 1 aliphatic carbocycles. The Labute approximate surface area is 86.4 Å². The number of hydrogen-bond donors (Lipinski definition) is 2. The molecule has 0 aliphatic heterocycles. The van der Waals surface area contributed by atoms with E-state index in [4.69, 9.17) is 5.73 Å². The number of hydrogen-bond acceptors (Lipinski definition) is 2. The van der Waals surface area contributed by atoms with Gasteiger partial charge < -0.3 is 11.1 Å². The van der Waals surface area contributed by atoms with E-state index in [1.165, 1.54) is 0 Å². The minimum atomic E-state index is -0.0111. The molecule has 0 aromatic heterocycles. The summed E-state index contributed by atoms with van der Waals surface area (Å²) in [5.74, 6) is 0.859. The van der Waals surface area contributed by atoms with Gasteiger partial charge in [-0.2, -0.15) is 0 Å². The van der Waals surface area contributed by atoms with Crippen molar-refractivity contribution in [1.82, 2.24) is 5.32 Å². The minimum Gasteiger partial charge on any atom is -0.356 e. The fourth-order valence-electron chi connectivity index (χ4n) is 1.95. The van der Waals surface area contributed by atoms with E-state index < -0.39 is 0 Å². The van der Waals surface area contributed by atoms with Crippen LogP contribution < -0.4 is 11.1 Å². The predicted octanol–water partition coefficient (Wildman–Crippen LogP) is 1.28. The Kier molecular flexibility index (Phi) is 3.93. The van der Waals surface area contributed by atoms with Gasteiger partial charge in [-0.1, -0.05) is 13.8 Å². The molecule has 1 amide bonds. The highest BCUT2D eigenvalue weighted by molar-refractivity contribution is 5.85. The van der Waals surface area contributed by atoms with Crippen molar-refractivity contribution in [3.05, 3.63) is 0 Å². The molecule has 0 heterocycles. The number of carbonyl (C=O) groups excluding carboxylic acids is 1. The molecule has 0 atom stereocenters. The highest BCUT2D eigenvalue weighted by Crippen LogP contribution is 2.50. The first kappa shape index (κ1) is 11.5. The highest BCUT2D eigenvalue weighted by atomic mass is 16.2. The molecule has 0 bridgehead atoms. The second-order valence-corrected chi connectivity index (χ2v) is 4.78. The Morgan fingerprint density at radius 2 is 2.14 bits per heavy atom. The molecule has 3 nitrogen and oxygen atoms in total. The van der Waals surface area contributed by atoms with E-state index in [-0.39, 0.29) is 11.3 Å². The van der Waals surface area contributed by atoms with Gasteiger partial charge in [0.2, 0.25) is 5.91 Å². The van der Waals surface area contributed by atoms with Crippen molar-refractivity contribution in [2.45, 2.75) is 39.5 Å². The molecule has 0 aromatic rings. The second-order valence-electron chi connectivity index (χ2n) is 4.78. The van der Waals surface area contributed by atoms with Crippen molar-refractivity contribution in [3.63, 3.8) is 0 Å². The van der Waals surface area contributed by atoms with Gasteiger partial charge in [0, 0.05) is 12.0 Å². The normalized spacial score (nSPS) is 18.3. The quantitative estimate of drug-likeness (QED) is 0.632. The van der Waals surface area contributed by atoms with E-state index in [2.05, 4.69) is 19.2 Å². The SMILES string of the molecule is CC(C)CC1(C(=O)NCCCN)CC1. The van der Waals surface area contributed by atoms with E-state index in [1.807, 2.05) is 0 Å². The molecule has 82 valence electrons. The zero-order valence-corrected chi connectivity index (χ0v) is 9.31. The summed E-state index contributed by atoms with van der Waals surface area (Å²) in [6.07, 6.45) is 4.05. The average Bonchev–Trinajstić information content (AvgIpc) is 2.85.